The van der Waals surface area contributed by atoms with Crippen LogP contribution in [0.25, 0.3) is 0 Å². The van der Waals surface area contributed by atoms with E-state index in [0.29, 0.717) is 42.7 Å². The predicted octanol–water partition coefficient (Wildman–Crippen LogP) is 3.48. The molecule has 0 radical (unpaired) electrons. The Labute approximate surface area is 164 Å². The number of hydrogen-bond donors (Lipinski definition) is 5. The summed E-state index contributed by atoms with van der Waals surface area (Å²) in [4.78, 5) is 13.3. The number of phenolic OH excluding ortho intramolecular Hbond substituents is 1. The summed E-state index contributed by atoms with van der Waals surface area (Å²) in [5, 5.41) is 19.5. The first kappa shape index (κ1) is 19.4. The number of nitrogens with one attached hydrogen (secondary N) is 3. The van der Waals surface area contributed by atoms with Crippen LogP contribution >= 0.6 is 11.6 Å². The van der Waals surface area contributed by atoms with Crippen LogP contribution in [0, 0.1) is 0 Å². The average Bonchev–Trinajstić information content (AvgIpc) is 2.91. The zero-order valence-corrected chi connectivity index (χ0v) is 16.0. The second-order valence-corrected chi connectivity index (χ2v) is 7.05. The molecule has 0 spiro atoms. The van der Waals surface area contributed by atoms with E-state index in [4.69, 9.17) is 17.3 Å². The number of halogens is 1. The van der Waals surface area contributed by atoms with E-state index >= 15 is 0 Å². The third-order valence-corrected chi connectivity index (χ3v) is 4.76. The van der Waals surface area contributed by atoms with Gasteiger partial charge in [0, 0.05) is 24.8 Å². The predicted molar refractivity (Wildman–Crippen MR) is 109 cm³/mol. The number of aromatic hydroxyl groups is 1. The fraction of sp³-hybridized carbons (Fsp3) is 0.500. The zero-order valence-electron chi connectivity index (χ0n) is 15.2. The highest BCUT2D eigenvalue weighted by Crippen LogP contribution is 2.27. The van der Waals surface area contributed by atoms with Crippen molar-refractivity contribution in [3.05, 3.63) is 23.2 Å². The number of aromatic nitrogens is 3. The van der Waals surface area contributed by atoms with Crippen molar-refractivity contribution in [2.24, 2.45) is 5.73 Å². The van der Waals surface area contributed by atoms with Gasteiger partial charge in [0.05, 0.1) is 5.02 Å². The molecule has 0 unspecified atom stereocenters. The van der Waals surface area contributed by atoms with E-state index in [2.05, 4.69) is 30.9 Å². The van der Waals surface area contributed by atoms with Crippen LogP contribution < -0.4 is 21.7 Å². The summed E-state index contributed by atoms with van der Waals surface area (Å²) in [5.41, 5.74) is 6.25. The van der Waals surface area contributed by atoms with Gasteiger partial charge >= 0.3 is 0 Å². The SMILES string of the molecule is NCCNc1nc(Nc2ccc(O)c(Cl)c2)nc(NC2CCCCCC2)n1. The Hall–Kier alpha value is -2.32. The van der Waals surface area contributed by atoms with Crippen molar-refractivity contribution in [3.63, 3.8) is 0 Å². The fourth-order valence-electron chi connectivity index (χ4n) is 3.08. The lowest BCUT2D eigenvalue weighted by Crippen LogP contribution is -2.22. The molecule has 9 heteroatoms. The van der Waals surface area contributed by atoms with Crippen molar-refractivity contribution in [1.82, 2.24) is 15.0 Å². The van der Waals surface area contributed by atoms with Gasteiger partial charge in [-0.25, -0.2) is 0 Å². The van der Waals surface area contributed by atoms with Gasteiger partial charge in [-0.1, -0.05) is 37.3 Å². The summed E-state index contributed by atoms with van der Waals surface area (Å²) in [6.45, 7) is 1.05. The molecule has 1 fully saturated rings. The second-order valence-electron chi connectivity index (χ2n) is 6.65. The lowest BCUT2D eigenvalue weighted by molar-refractivity contribution is 0.475. The maximum atomic E-state index is 9.57. The molecule has 2 aromatic rings. The summed E-state index contributed by atoms with van der Waals surface area (Å²) in [5.74, 6) is 1.41. The molecule has 1 aromatic heterocycles. The van der Waals surface area contributed by atoms with Gasteiger partial charge in [0.1, 0.15) is 5.75 Å². The van der Waals surface area contributed by atoms with Gasteiger partial charge in [-0.05, 0) is 31.0 Å². The molecule has 3 rings (SSSR count). The molecular formula is C18H26ClN7O. The molecule has 146 valence electrons. The van der Waals surface area contributed by atoms with Gasteiger partial charge in [-0.15, -0.1) is 0 Å². The summed E-state index contributed by atoms with van der Waals surface area (Å²) in [6.07, 6.45) is 7.25. The van der Waals surface area contributed by atoms with E-state index in [9.17, 15) is 5.11 Å². The van der Waals surface area contributed by atoms with Crippen molar-refractivity contribution < 1.29 is 5.11 Å². The van der Waals surface area contributed by atoms with Gasteiger partial charge in [-0.2, -0.15) is 15.0 Å². The highest BCUT2D eigenvalue weighted by molar-refractivity contribution is 6.32. The van der Waals surface area contributed by atoms with Crippen LogP contribution in [-0.4, -0.2) is 39.2 Å². The third kappa shape index (κ3) is 5.83. The highest BCUT2D eigenvalue weighted by atomic mass is 35.5. The van der Waals surface area contributed by atoms with E-state index in [1.165, 1.54) is 31.7 Å². The van der Waals surface area contributed by atoms with E-state index in [-0.39, 0.29) is 10.8 Å². The molecule has 0 saturated heterocycles. The molecule has 1 aliphatic carbocycles. The van der Waals surface area contributed by atoms with Gasteiger partial charge in [0.15, 0.2) is 0 Å². The molecule has 0 amide bonds. The molecule has 1 heterocycles. The first-order chi connectivity index (χ1) is 13.1. The Morgan fingerprint density at radius 2 is 1.74 bits per heavy atom. The summed E-state index contributed by atoms with van der Waals surface area (Å²) in [6, 6.07) is 5.21. The number of anilines is 4. The Bertz CT molecular complexity index is 750. The van der Waals surface area contributed by atoms with Crippen LogP contribution in [0.5, 0.6) is 5.75 Å². The molecule has 8 nitrogen and oxygen atoms in total. The van der Waals surface area contributed by atoms with Crippen molar-refractivity contribution in [1.29, 1.82) is 0 Å². The van der Waals surface area contributed by atoms with Gasteiger partial charge in [0.25, 0.3) is 0 Å². The Morgan fingerprint density at radius 1 is 1.04 bits per heavy atom. The van der Waals surface area contributed by atoms with E-state index in [1.807, 2.05) is 0 Å². The molecule has 27 heavy (non-hydrogen) atoms. The number of rotatable bonds is 7. The molecule has 0 bridgehead atoms. The number of nitrogens with zero attached hydrogens (tertiary/aromatic N) is 3. The molecular weight excluding hydrogens is 366 g/mol. The lowest BCUT2D eigenvalue weighted by atomic mass is 10.1. The monoisotopic (exact) mass is 391 g/mol. The average molecular weight is 392 g/mol. The normalized spacial score (nSPS) is 15.2. The third-order valence-electron chi connectivity index (χ3n) is 4.46. The van der Waals surface area contributed by atoms with Crippen molar-refractivity contribution >= 4 is 35.1 Å². The second kappa shape index (κ2) is 9.57. The van der Waals surface area contributed by atoms with Crippen LogP contribution in [0.3, 0.4) is 0 Å². The quantitative estimate of drug-likeness (QED) is 0.359. The smallest absolute Gasteiger partial charge is 0.233 e. The number of benzene rings is 1. The molecule has 1 saturated carbocycles. The topological polar surface area (TPSA) is 121 Å². The van der Waals surface area contributed by atoms with Crippen LogP contribution in [0.4, 0.5) is 23.5 Å². The molecule has 1 aromatic carbocycles. The molecule has 0 atom stereocenters. The van der Waals surface area contributed by atoms with Crippen LogP contribution in [0.15, 0.2) is 18.2 Å². The van der Waals surface area contributed by atoms with Gasteiger partial charge in [-0.3, -0.25) is 0 Å². The Balaban J connectivity index is 1.79. The van der Waals surface area contributed by atoms with Crippen molar-refractivity contribution in [2.45, 2.75) is 44.6 Å². The molecule has 1 aliphatic rings. The van der Waals surface area contributed by atoms with Crippen LogP contribution in [-0.2, 0) is 0 Å². The van der Waals surface area contributed by atoms with E-state index in [0.717, 1.165) is 12.8 Å². The first-order valence-corrected chi connectivity index (χ1v) is 9.74. The standard InChI is InChI=1S/C18H26ClN7O/c19-14-11-13(7-8-15(14)27)23-18-25-16(21-10-9-20)24-17(26-18)22-12-5-3-1-2-4-6-12/h7-8,11-12,27H,1-6,9-10,20H2,(H3,21,22,23,24,25,26). The van der Waals surface area contributed by atoms with E-state index < -0.39 is 0 Å². The maximum absolute atomic E-state index is 9.57. The minimum Gasteiger partial charge on any atom is -0.506 e. The number of phenols is 1. The lowest BCUT2D eigenvalue weighted by Gasteiger charge is -2.17. The summed E-state index contributed by atoms with van der Waals surface area (Å²) < 4.78 is 0. The number of nitrogens with two attached hydrogens (primary N) is 1. The summed E-state index contributed by atoms with van der Waals surface area (Å²) in [7, 11) is 0. The Kier molecular flexibility index (Phi) is 6.89. The maximum Gasteiger partial charge on any atom is 0.233 e. The van der Waals surface area contributed by atoms with Crippen LogP contribution in [0.2, 0.25) is 5.02 Å². The van der Waals surface area contributed by atoms with Crippen molar-refractivity contribution in [2.75, 3.05) is 29.0 Å². The highest BCUT2D eigenvalue weighted by Gasteiger charge is 2.15. The number of hydrogen-bond acceptors (Lipinski definition) is 8. The van der Waals surface area contributed by atoms with E-state index in [1.54, 1.807) is 12.1 Å². The zero-order chi connectivity index (χ0) is 19.1. The Morgan fingerprint density at radius 3 is 2.44 bits per heavy atom. The first-order valence-electron chi connectivity index (χ1n) is 9.36. The van der Waals surface area contributed by atoms with Crippen LogP contribution in [0.1, 0.15) is 38.5 Å². The minimum atomic E-state index is 0.0267. The summed E-state index contributed by atoms with van der Waals surface area (Å²) >= 11 is 5.97. The molecule has 0 aliphatic heterocycles. The largest absolute Gasteiger partial charge is 0.506 e. The minimum absolute atomic E-state index is 0.0267. The van der Waals surface area contributed by atoms with Gasteiger partial charge in [0.2, 0.25) is 17.8 Å². The fourth-order valence-corrected chi connectivity index (χ4v) is 3.26. The molecule has 6 N–H and O–H groups in total. The van der Waals surface area contributed by atoms with Gasteiger partial charge < -0.3 is 26.8 Å². The van der Waals surface area contributed by atoms with Crippen molar-refractivity contribution in [3.8, 4) is 5.75 Å².